The Morgan fingerprint density at radius 2 is 1.77 bits per heavy atom. The highest BCUT2D eigenvalue weighted by Gasteiger charge is 2.37. The molecule has 2 aromatic rings. The van der Waals surface area contributed by atoms with Crippen LogP contribution in [0.2, 0.25) is 0 Å². The lowest BCUT2D eigenvalue weighted by molar-refractivity contribution is -0.924. The number of hydrogen-bond acceptors (Lipinski definition) is 4. The Morgan fingerprint density at radius 1 is 1.03 bits per heavy atom. The molecule has 2 atom stereocenters. The van der Waals surface area contributed by atoms with Crippen molar-refractivity contribution >= 4 is 23.5 Å². The van der Waals surface area contributed by atoms with Crippen LogP contribution >= 0.6 is 0 Å². The summed E-state index contributed by atoms with van der Waals surface area (Å²) in [5, 5.41) is 5.49. The Morgan fingerprint density at radius 3 is 2.50 bits per heavy atom. The van der Waals surface area contributed by atoms with Gasteiger partial charge < -0.3 is 20.3 Å². The van der Waals surface area contributed by atoms with Gasteiger partial charge in [0.15, 0.2) is 12.6 Å². The summed E-state index contributed by atoms with van der Waals surface area (Å²) in [4.78, 5) is 37.8. The fourth-order valence-electron chi connectivity index (χ4n) is 3.77. The van der Waals surface area contributed by atoms with Crippen molar-refractivity contribution in [3.05, 3.63) is 64.7 Å². The van der Waals surface area contributed by atoms with Crippen LogP contribution in [0.5, 0.6) is 0 Å². The van der Waals surface area contributed by atoms with Gasteiger partial charge in [-0.25, -0.2) is 4.79 Å². The van der Waals surface area contributed by atoms with Gasteiger partial charge in [0.2, 0.25) is 5.91 Å². The number of nitrogens with one attached hydrogen (secondary N) is 3. The normalized spacial score (nSPS) is 17.6. The molecule has 0 saturated heterocycles. The molecule has 0 radical (unpaired) electrons. The molecule has 2 amide bonds. The fraction of sp³-hybridized carbons (Fsp3) is 0.348. The average molecular weight is 410 g/mol. The highest BCUT2D eigenvalue weighted by Crippen LogP contribution is 2.17. The minimum absolute atomic E-state index is 0.0881. The van der Waals surface area contributed by atoms with Crippen LogP contribution < -0.4 is 15.5 Å². The number of methoxy groups -OCH3 is 1. The van der Waals surface area contributed by atoms with Gasteiger partial charge >= 0.3 is 5.97 Å². The quantitative estimate of drug-likeness (QED) is 0.607. The second-order valence-electron chi connectivity index (χ2n) is 7.63. The predicted molar refractivity (Wildman–Crippen MR) is 113 cm³/mol. The highest BCUT2D eigenvalue weighted by atomic mass is 16.5. The second-order valence-corrected chi connectivity index (χ2v) is 7.63. The van der Waals surface area contributed by atoms with E-state index in [1.54, 1.807) is 0 Å². The number of amides is 2. The third kappa shape index (κ3) is 5.04. The lowest BCUT2D eigenvalue weighted by Crippen LogP contribution is -3.17. The summed E-state index contributed by atoms with van der Waals surface area (Å²) in [6, 6.07) is 13.1. The van der Waals surface area contributed by atoms with Crippen molar-refractivity contribution < 1.29 is 24.0 Å². The molecule has 0 aromatic heterocycles. The third-order valence-electron chi connectivity index (χ3n) is 5.65. The number of esters is 1. The zero-order valence-corrected chi connectivity index (χ0v) is 17.6. The van der Waals surface area contributed by atoms with E-state index in [1.165, 1.54) is 7.11 Å². The Kier molecular flexibility index (Phi) is 6.84. The molecular formula is C23H28N3O4+. The van der Waals surface area contributed by atoms with Crippen molar-refractivity contribution in [1.29, 1.82) is 0 Å². The van der Waals surface area contributed by atoms with Crippen LogP contribution in [-0.4, -0.2) is 44.0 Å². The molecule has 0 fully saturated rings. The zero-order chi connectivity index (χ0) is 21.7. The number of benzene rings is 2. The van der Waals surface area contributed by atoms with E-state index in [4.69, 9.17) is 4.74 Å². The zero-order valence-electron chi connectivity index (χ0n) is 17.6. The Hall–Kier alpha value is -3.19. The van der Waals surface area contributed by atoms with Gasteiger partial charge in [0, 0.05) is 17.7 Å². The van der Waals surface area contributed by atoms with Gasteiger partial charge in [-0.05, 0) is 36.6 Å². The number of anilines is 1. The van der Waals surface area contributed by atoms with Crippen molar-refractivity contribution in [3.8, 4) is 0 Å². The number of ether oxygens (including phenoxy) is 1. The number of carbonyl (C=O) groups is 3. The van der Waals surface area contributed by atoms with Gasteiger partial charge in [0.1, 0.15) is 6.54 Å². The van der Waals surface area contributed by atoms with Crippen LogP contribution in [0, 0.1) is 13.8 Å². The Bertz CT molecular complexity index is 957. The van der Waals surface area contributed by atoms with Crippen LogP contribution in [0.25, 0.3) is 0 Å². The first-order valence-corrected chi connectivity index (χ1v) is 10.0. The van der Waals surface area contributed by atoms with E-state index in [2.05, 4.69) is 10.6 Å². The number of hydrogen-bond donors (Lipinski definition) is 3. The molecule has 1 unspecified atom stereocenters. The van der Waals surface area contributed by atoms with E-state index >= 15 is 0 Å². The number of quaternary nitrogens is 1. The topological polar surface area (TPSA) is 88.9 Å². The van der Waals surface area contributed by atoms with Gasteiger partial charge in [-0.15, -0.1) is 0 Å². The van der Waals surface area contributed by atoms with Crippen LogP contribution in [0.3, 0.4) is 0 Å². The molecule has 1 aliphatic heterocycles. The van der Waals surface area contributed by atoms with E-state index < -0.39 is 6.04 Å². The number of aryl methyl sites for hydroxylation is 1. The maximum Gasteiger partial charge on any atom is 0.365 e. The number of rotatable bonds is 6. The molecule has 1 heterocycles. The summed E-state index contributed by atoms with van der Waals surface area (Å²) in [5.74, 6) is -0.907. The molecule has 158 valence electrons. The molecule has 1 aliphatic rings. The van der Waals surface area contributed by atoms with E-state index in [-0.39, 0.29) is 30.9 Å². The van der Waals surface area contributed by atoms with Crippen molar-refractivity contribution in [1.82, 2.24) is 5.32 Å². The molecule has 3 N–H and O–H groups in total. The summed E-state index contributed by atoms with van der Waals surface area (Å²) in [6.45, 7) is 4.43. The van der Waals surface area contributed by atoms with Gasteiger partial charge in [0.25, 0.3) is 5.91 Å². The number of carbonyl (C=O) groups excluding carboxylic acids is 3. The smallest absolute Gasteiger partial charge is 0.365 e. The second kappa shape index (κ2) is 9.54. The van der Waals surface area contributed by atoms with Gasteiger partial charge in [-0.3, -0.25) is 9.59 Å². The molecular weight excluding hydrogens is 382 g/mol. The summed E-state index contributed by atoms with van der Waals surface area (Å²) >= 11 is 0. The van der Waals surface area contributed by atoms with Crippen LogP contribution in [0.1, 0.15) is 22.3 Å². The molecule has 7 nitrogen and oxygen atoms in total. The SMILES string of the molecule is COC(=O)[C@H]1Cc2ccccc2C[NH+]1CC(=O)NCC(=O)Nc1cccc(C)c1C. The van der Waals surface area contributed by atoms with Crippen LogP contribution in [-0.2, 0) is 32.1 Å². The van der Waals surface area contributed by atoms with Gasteiger partial charge in [0.05, 0.1) is 13.7 Å². The summed E-state index contributed by atoms with van der Waals surface area (Å²) < 4.78 is 4.95. The largest absolute Gasteiger partial charge is 0.465 e. The van der Waals surface area contributed by atoms with Gasteiger partial charge in [-0.2, -0.15) is 0 Å². The van der Waals surface area contributed by atoms with Crippen LogP contribution in [0.4, 0.5) is 5.69 Å². The van der Waals surface area contributed by atoms with Crippen molar-refractivity contribution in [2.75, 3.05) is 25.5 Å². The monoisotopic (exact) mass is 410 g/mol. The highest BCUT2D eigenvalue weighted by molar-refractivity contribution is 5.95. The molecule has 0 aliphatic carbocycles. The summed E-state index contributed by atoms with van der Waals surface area (Å²) in [5.41, 5.74) is 5.03. The van der Waals surface area contributed by atoms with E-state index in [0.717, 1.165) is 32.8 Å². The third-order valence-corrected chi connectivity index (χ3v) is 5.65. The fourth-order valence-corrected chi connectivity index (χ4v) is 3.77. The van der Waals surface area contributed by atoms with Crippen molar-refractivity contribution in [2.24, 2.45) is 0 Å². The maximum absolute atomic E-state index is 12.5. The van der Waals surface area contributed by atoms with Crippen molar-refractivity contribution in [3.63, 3.8) is 0 Å². The molecule has 2 aromatic carbocycles. The minimum atomic E-state index is -0.445. The maximum atomic E-state index is 12.5. The standard InChI is InChI=1S/C23H27N3O4/c1-15-7-6-10-19(16(15)2)25-21(27)12-24-22(28)14-26-13-18-9-5-4-8-17(18)11-20(26)23(29)30-3/h4-10,20H,11-14H2,1-3H3,(H,24,28)(H,25,27)/p+1/t20-/m1/s1. The lowest BCUT2D eigenvalue weighted by atomic mass is 9.94. The molecule has 3 rings (SSSR count). The van der Waals surface area contributed by atoms with Crippen LogP contribution in [0.15, 0.2) is 42.5 Å². The molecule has 0 saturated carbocycles. The molecule has 7 heteroatoms. The average Bonchev–Trinajstić information content (AvgIpc) is 2.74. The Labute approximate surface area is 176 Å². The van der Waals surface area contributed by atoms with E-state index in [9.17, 15) is 14.4 Å². The lowest BCUT2D eigenvalue weighted by Gasteiger charge is -2.31. The minimum Gasteiger partial charge on any atom is -0.465 e. The van der Waals surface area contributed by atoms with Gasteiger partial charge in [-0.1, -0.05) is 36.4 Å². The Balaban J connectivity index is 1.58. The molecule has 0 bridgehead atoms. The summed E-state index contributed by atoms with van der Waals surface area (Å²) in [6.07, 6.45) is 0.526. The first kappa shape index (κ1) is 21.5. The predicted octanol–water partition coefficient (Wildman–Crippen LogP) is 0.541. The first-order valence-electron chi connectivity index (χ1n) is 10.0. The van der Waals surface area contributed by atoms with E-state index in [0.29, 0.717) is 13.0 Å². The molecule has 30 heavy (non-hydrogen) atoms. The summed E-state index contributed by atoms with van der Waals surface area (Å²) in [7, 11) is 1.36. The first-order chi connectivity index (χ1) is 14.4. The van der Waals surface area contributed by atoms with Crippen molar-refractivity contribution in [2.45, 2.75) is 32.9 Å². The number of fused-ring (bicyclic) bond motifs is 1. The van der Waals surface area contributed by atoms with E-state index in [1.807, 2.05) is 56.3 Å². The molecule has 0 spiro atoms.